The molecule has 0 amide bonds. The SMILES string of the molecule is CCOCc1nc(NC)cc(Oc2cc(Cl)ccc2Cl)n1. The molecule has 2 aromatic rings. The Kier molecular flexibility index (Phi) is 5.61. The number of nitrogens with zero attached hydrogens (tertiary/aromatic N) is 2. The van der Waals surface area contributed by atoms with Gasteiger partial charge in [-0.2, -0.15) is 4.98 Å². The molecule has 1 aromatic heterocycles. The van der Waals surface area contributed by atoms with E-state index in [2.05, 4.69) is 15.3 Å². The Morgan fingerprint density at radius 1 is 1.19 bits per heavy atom. The van der Waals surface area contributed by atoms with Gasteiger partial charge in [0.05, 0.1) is 5.02 Å². The van der Waals surface area contributed by atoms with Crippen LogP contribution in [-0.4, -0.2) is 23.6 Å². The fourth-order valence-corrected chi connectivity index (χ4v) is 1.90. The molecule has 112 valence electrons. The summed E-state index contributed by atoms with van der Waals surface area (Å²) in [7, 11) is 1.77. The lowest BCUT2D eigenvalue weighted by Crippen LogP contribution is -2.04. The number of rotatable bonds is 6. The average Bonchev–Trinajstić information content (AvgIpc) is 2.48. The molecule has 0 unspecified atom stereocenters. The van der Waals surface area contributed by atoms with Gasteiger partial charge in [-0.05, 0) is 19.1 Å². The minimum absolute atomic E-state index is 0.311. The van der Waals surface area contributed by atoms with E-state index in [4.69, 9.17) is 32.7 Å². The first-order valence-electron chi connectivity index (χ1n) is 6.38. The molecule has 5 nitrogen and oxygen atoms in total. The highest BCUT2D eigenvalue weighted by atomic mass is 35.5. The van der Waals surface area contributed by atoms with Gasteiger partial charge in [-0.25, -0.2) is 4.98 Å². The lowest BCUT2D eigenvalue weighted by Gasteiger charge is -2.10. The monoisotopic (exact) mass is 327 g/mol. The maximum atomic E-state index is 6.08. The first-order valence-corrected chi connectivity index (χ1v) is 7.14. The van der Waals surface area contributed by atoms with Crippen molar-refractivity contribution in [1.82, 2.24) is 9.97 Å². The minimum Gasteiger partial charge on any atom is -0.437 e. The molecule has 0 spiro atoms. The van der Waals surface area contributed by atoms with Gasteiger partial charge in [0.15, 0.2) is 5.82 Å². The second-order valence-corrected chi connectivity index (χ2v) is 4.92. The summed E-state index contributed by atoms with van der Waals surface area (Å²) in [4.78, 5) is 8.57. The van der Waals surface area contributed by atoms with Crippen molar-refractivity contribution in [3.63, 3.8) is 0 Å². The molecule has 0 aliphatic rings. The summed E-state index contributed by atoms with van der Waals surface area (Å²) in [5.74, 6) is 1.96. The van der Waals surface area contributed by atoms with Crippen LogP contribution >= 0.6 is 23.2 Å². The Hall–Kier alpha value is -1.56. The van der Waals surface area contributed by atoms with Gasteiger partial charge in [0.1, 0.15) is 18.2 Å². The molecular weight excluding hydrogens is 313 g/mol. The van der Waals surface area contributed by atoms with Gasteiger partial charge < -0.3 is 14.8 Å². The zero-order chi connectivity index (χ0) is 15.2. The molecular formula is C14H15Cl2N3O2. The number of aromatic nitrogens is 2. The van der Waals surface area contributed by atoms with Crippen LogP contribution in [0.5, 0.6) is 11.6 Å². The average molecular weight is 328 g/mol. The molecule has 21 heavy (non-hydrogen) atoms. The van der Waals surface area contributed by atoms with Gasteiger partial charge in [0.2, 0.25) is 5.88 Å². The predicted octanol–water partition coefficient (Wildman–Crippen LogP) is 4.15. The molecule has 1 N–H and O–H groups in total. The van der Waals surface area contributed by atoms with Crippen molar-refractivity contribution in [2.24, 2.45) is 0 Å². The number of ether oxygens (including phenoxy) is 2. The zero-order valence-electron chi connectivity index (χ0n) is 11.7. The number of halogens is 2. The third-order valence-electron chi connectivity index (χ3n) is 2.55. The molecule has 0 aliphatic carbocycles. The molecule has 0 saturated carbocycles. The Balaban J connectivity index is 2.27. The first kappa shape index (κ1) is 15.8. The van der Waals surface area contributed by atoms with Crippen LogP contribution in [0.3, 0.4) is 0 Å². The fourth-order valence-electron chi connectivity index (χ4n) is 1.58. The van der Waals surface area contributed by atoms with Gasteiger partial charge in [-0.15, -0.1) is 0 Å². The number of hydrogen-bond acceptors (Lipinski definition) is 5. The van der Waals surface area contributed by atoms with E-state index in [1.807, 2.05) is 6.92 Å². The smallest absolute Gasteiger partial charge is 0.224 e. The summed E-state index contributed by atoms with van der Waals surface area (Å²) >= 11 is 12.0. The van der Waals surface area contributed by atoms with Crippen molar-refractivity contribution < 1.29 is 9.47 Å². The normalized spacial score (nSPS) is 10.5. The first-order chi connectivity index (χ1) is 10.1. The summed E-state index contributed by atoms with van der Waals surface area (Å²) in [6, 6.07) is 6.66. The topological polar surface area (TPSA) is 56.3 Å². The highest BCUT2D eigenvalue weighted by molar-refractivity contribution is 6.34. The number of nitrogens with one attached hydrogen (secondary N) is 1. The van der Waals surface area contributed by atoms with Crippen molar-refractivity contribution in [3.8, 4) is 11.6 Å². The van der Waals surface area contributed by atoms with Crippen molar-refractivity contribution >= 4 is 29.0 Å². The Morgan fingerprint density at radius 2 is 2.00 bits per heavy atom. The van der Waals surface area contributed by atoms with E-state index in [1.165, 1.54) is 0 Å². The lowest BCUT2D eigenvalue weighted by atomic mass is 10.3. The van der Waals surface area contributed by atoms with Gasteiger partial charge >= 0.3 is 0 Å². The van der Waals surface area contributed by atoms with Crippen LogP contribution in [0.2, 0.25) is 10.0 Å². The van der Waals surface area contributed by atoms with Crippen LogP contribution in [0.4, 0.5) is 5.82 Å². The fraction of sp³-hybridized carbons (Fsp3) is 0.286. The van der Waals surface area contributed by atoms with E-state index >= 15 is 0 Å². The molecule has 7 heteroatoms. The van der Waals surface area contributed by atoms with Crippen molar-refractivity contribution in [3.05, 3.63) is 40.1 Å². The Labute approximate surface area is 133 Å². The molecule has 0 aliphatic heterocycles. The van der Waals surface area contributed by atoms with Crippen LogP contribution in [-0.2, 0) is 11.3 Å². The molecule has 1 heterocycles. The summed E-state index contributed by atoms with van der Waals surface area (Å²) < 4.78 is 11.0. The van der Waals surface area contributed by atoms with Gasteiger partial charge in [0, 0.05) is 30.8 Å². The van der Waals surface area contributed by atoms with Crippen molar-refractivity contribution in [2.45, 2.75) is 13.5 Å². The van der Waals surface area contributed by atoms with Crippen LogP contribution in [0.25, 0.3) is 0 Å². The molecule has 0 atom stereocenters. The molecule has 0 saturated heterocycles. The molecule has 0 radical (unpaired) electrons. The largest absolute Gasteiger partial charge is 0.437 e. The van der Waals surface area contributed by atoms with Crippen LogP contribution < -0.4 is 10.1 Å². The third kappa shape index (κ3) is 4.46. The van der Waals surface area contributed by atoms with E-state index in [0.29, 0.717) is 46.5 Å². The molecule has 0 bridgehead atoms. The minimum atomic E-state index is 0.311. The standard InChI is InChI=1S/C14H15Cl2N3O2/c1-3-20-8-13-18-12(17-2)7-14(19-13)21-11-6-9(15)4-5-10(11)16/h4-7H,3,8H2,1-2H3,(H,17,18,19). The number of benzene rings is 1. The van der Waals surface area contributed by atoms with Crippen LogP contribution in [0.1, 0.15) is 12.7 Å². The second-order valence-electron chi connectivity index (χ2n) is 4.07. The van der Waals surface area contributed by atoms with Crippen LogP contribution in [0.15, 0.2) is 24.3 Å². The van der Waals surface area contributed by atoms with Crippen LogP contribution in [0, 0.1) is 0 Å². The predicted molar refractivity (Wildman–Crippen MR) is 83.4 cm³/mol. The summed E-state index contributed by atoms with van der Waals surface area (Å²) in [6.07, 6.45) is 0. The van der Waals surface area contributed by atoms with Gasteiger partial charge in [-0.1, -0.05) is 23.2 Å². The van der Waals surface area contributed by atoms with Crippen molar-refractivity contribution in [1.29, 1.82) is 0 Å². The maximum Gasteiger partial charge on any atom is 0.224 e. The lowest BCUT2D eigenvalue weighted by molar-refractivity contribution is 0.128. The highest BCUT2D eigenvalue weighted by Crippen LogP contribution is 2.31. The quantitative estimate of drug-likeness (QED) is 0.863. The molecule has 2 rings (SSSR count). The zero-order valence-corrected chi connectivity index (χ0v) is 13.2. The van der Waals surface area contributed by atoms with E-state index in [9.17, 15) is 0 Å². The highest BCUT2D eigenvalue weighted by Gasteiger charge is 2.09. The van der Waals surface area contributed by atoms with Gasteiger partial charge in [0.25, 0.3) is 0 Å². The van der Waals surface area contributed by atoms with E-state index in [-0.39, 0.29) is 0 Å². The number of hydrogen-bond donors (Lipinski definition) is 1. The maximum absolute atomic E-state index is 6.08. The summed E-state index contributed by atoms with van der Waals surface area (Å²) in [6.45, 7) is 2.81. The van der Waals surface area contributed by atoms with E-state index in [0.717, 1.165) is 0 Å². The second kappa shape index (κ2) is 7.45. The summed E-state index contributed by atoms with van der Waals surface area (Å²) in [5.41, 5.74) is 0. The third-order valence-corrected chi connectivity index (χ3v) is 3.10. The Morgan fingerprint density at radius 3 is 2.71 bits per heavy atom. The van der Waals surface area contributed by atoms with Gasteiger partial charge in [-0.3, -0.25) is 0 Å². The number of anilines is 1. The van der Waals surface area contributed by atoms with E-state index in [1.54, 1.807) is 31.3 Å². The van der Waals surface area contributed by atoms with Crippen molar-refractivity contribution in [2.75, 3.05) is 19.0 Å². The Bertz CT molecular complexity index is 623. The van der Waals surface area contributed by atoms with E-state index < -0.39 is 0 Å². The molecule has 1 aromatic carbocycles. The molecule has 0 fully saturated rings. The summed E-state index contributed by atoms with van der Waals surface area (Å²) in [5, 5.41) is 3.94.